The maximum absolute atomic E-state index is 2.30. The first-order chi connectivity index (χ1) is 20.8. The maximum Gasteiger partial charge on any atom is 0.0125 e. The lowest BCUT2D eigenvalue weighted by molar-refractivity contribution is 0.434. The molecule has 12 rings (SSSR count). The second-order valence-corrected chi connectivity index (χ2v) is 13.2. The zero-order valence-corrected chi connectivity index (χ0v) is 24.2. The van der Waals surface area contributed by atoms with Crippen molar-refractivity contribution >= 4 is 12.2 Å². The van der Waals surface area contributed by atoms with Gasteiger partial charge in [0, 0.05) is 14.7 Å². The molecule has 2 atom stereocenters. The molecule has 0 unspecified atom stereocenters. The second kappa shape index (κ2) is 11.1. The van der Waals surface area contributed by atoms with Crippen LogP contribution in [0.25, 0.3) is 12.2 Å². The molecule has 0 saturated heterocycles. The highest BCUT2D eigenvalue weighted by molar-refractivity contribution is 5.69. The van der Waals surface area contributed by atoms with Crippen molar-refractivity contribution in [1.82, 2.24) is 0 Å². The van der Waals surface area contributed by atoms with E-state index in [-0.39, 0.29) is 2.85 Å². The SMILES string of the molecule is C(=C/c1ccccc1)/c1ccccc1.C1=CC2=CC=C3C=CC=C[C@H]3[C@@H]2C=C1.C1=CC2C=CC1C2.C1C2C3C2C2C1C32.[2HH].[2HH]. The molecule has 42 heavy (non-hydrogen) atoms. The van der Waals surface area contributed by atoms with Gasteiger partial charge < -0.3 is 0 Å². The minimum Gasteiger partial charge on any atom is -0.0810 e. The smallest absolute Gasteiger partial charge is 0.0125 e. The van der Waals surface area contributed by atoms with Crippen molar-refractivity contribution in [3.63, 3.8) is 0 Å². The van der Waals surface area contributed by atoms with Gasteiger partial charge in [0.1, 0.15) is 0 Å². The summed E-state index contributed by atoms with van der Waals surface area (Å²) >= 11 is 0. The van der Waals surface area contributed by atoms with Crippen molar-refractivity contribution in [2.75, 3.05) is 0 Å². The normalized spacial score (nSPS) is 37.4. The summed E-state index contributed by atoms with van der Waals surface area (Å²) in [6.45, 7) is 0. The van der Waals surface area contributed by atoms with Crippen molar-refractivity contribution < 1.29 is 2.85 Å². The van der Waals surface area contributed by atoms with Crippen LogP contribution in [0.1, 0.15) is 26.8 Å². The molecule has 0 aromatic heterocycles. The Balaban J connectivity index is 0.000000106. The molecule has 0 radical (unpaired) electrons. The highest BCUT2D eigenvalue weighted by Gasteiger charge is 2.87. The summed E-state index contributed by atoms with van der Waals surface area (Å²) < 4.78 is 0. The number of benzene rings is 2. The molecule has 0 spiro atoms. The van der Waals surface area contributed by atoms with E-state index in [1.165, 1.54) is 64.2 Å². The van der Waals surface area contributed by atoms with Gasteiger partial charge in [-0.15, -0.1) is 0 Å². The van der Waals surface area contributed by atoms with Gasteiger partial charge in [0.2, 0.25) is 0 Å². The molecular formula is C42H44. The molecule has 0 N–H and O–H groups in total. The Morgan fingerprint density at radius 2 is 0.905 bits per heavy atom. The lowest BCUT2D eigenvalue weighted by atomic mass is 9.74. The molecule has 2 aromatic rings. The Labute approximate surface area is 254 Å². The number of hydrogen-bond acceptors (Lipinski definition) is 0. The van der Waals surface area contributed by atoms with Crippen molar-refractivity contribution in [3.8, 4) is 0 Å². The molecule has 0 aliphatic heterocycles. The van der Waals surface area contributed by atoms with Crippen LogP contribution in [-0.2, 0) is 0 Å². The molecule has 5 saturated carbocycles. The van der Waals surface area contributed by atoms with Gasteiger partial charge >= 0.3 is 0 Å². The molecule has 212 valence electrons. The van der Waals surface area contributed by atoms with Crippen molar-refractivity contribution in [2.45, 2.75) is 12.8 Å². The largest absolute Gasteiger partial charge is 0.0810 e. The van der Waals surface area contributed by atoms with Crippen LogP contribution < -0.4 is 0 Å². The van der Waals surface area contributed by atoms with Crippen LogP contribution >= 0.6 is 0 Å². The van der Waals surface area contributed by atoms with E-state index in [1.54, 1.807) is 6.42 Å². The summed E-state index contributed by atoms with van der Waals surface area (Å²) in [5.41, 5.74) is 5.33. The molecular weight excluding hydrogens is 504 g/mol. The van der Waals surface area contributed by atoms with Crippen molar-refractivity contribution in [3.05, 3.63) is 168 Å². The third kappa shape index (κ3) is 5.02. The summed E-state index contributed by atoms with van der Waals surface area (Å²) in [7, 11) is 0. The van der Waals surface area contributed by atoms with E-state index in [9.17, 15) is 0 Å². The molecule has 0 nitrogen and oxygen atoms in total. The minimum atomic E-state index is 0. The number of fused-ring (bicyclic) bond motifs is 5. The zero-order valence-electron chi connectivity index (χ0n) is 24.2. The lowest BCUT2D eigenvalue weighted by Gasteiger charge is -2.30. The third-order valence-electron chi connectivity index (χ3n) is 10.9. The van der Waals surface area contributed by atoms with Crippen LogP contribution in [0.3, 0.4) is 0 Å². The molecule has 10 aliphatic rings. The molecule has 0 amide bonds. The summed E-state index contributed by atoms with van der Waals surface area (Å²) in [4.78, 5) is 0. The van der Waals surface area contributed by atoms with Gasteiger partial charge in [-0.2, -0.15) is 0 Å². The van der Waals surface area contributed by atoms with E-state index >= 15 is 0 Å². The van der Waals surface area contributed by atoms with Gasteiger partial charge in [0.15, 0.2) is 0 Å². The summed E-state index contributed by atoms with van der Waals surface area (Å²) in [5.74, 6) is 10.6. The standard InChI is InChI=1S/2C14H12.2C7H8.2H2/c1-3-7-13-11(5-1)9-10-12-6-2-4-8-14(12)13;1-3-7-13(8-4-1)11-12-14-9-5-2-6-10-14;1-2-4-5(2)7-3(1)6(4)7;1-2-7-4-3-6(1)5-7;;/h1-10,13-14H;1-12H;2-7H,1H2;1-4,6-7H,5H2;2*1H/b;12-11-;;;;/t13-,14-;;;;;/m1...../s1/i;;;;2*1+1. The topological polar surface area (TPSA) is 0 Å². The Bertz CT molecular complexity index is 1410. The Morgan fingerprint density at radius 3 is 1.24 bits per heavy atom. The number of rotatable bonds is 2. The number of allylic oxidation sites excluding steroid dienone is 16. The van der Waals surface area contributed by atoms with E-state index < -0.39 is 0 Å². The fourth-order valence-electron chi connectivity index (χ4n) is 8.80. The van der Waals surface area contributed by atoms with Crippen LogP contribution in [0, 0.1) is 59.2 Å². The van der Waals surface area contributed by atoms with E-state index in [4.69, 9.17) is 0 Å². The monoisotopic (exact) mass is 550 g/mol. The predicted octanol–water partition coefficient (Wildman–Crippen LogP) is 10.6. The summed E-state index contributed by atoms with van der Waals surface area (Å²) in [6.07, 6.45) is 38.5. The molecule has 10 aliphatic carbocycles. The second-order valence-electron chi connectivity index (χ2n) is 13.2. The van der Waals surface area contributed by atoms with Crippen LogP contribution in [0.15, 0.2) is 157 Å². The fraction of sp³-hybridized carbons (Fsp3) is 0.286. The van der Waals surface area contributed by atoms with E-state index in [0.29, 0.717) is 11.8 Å². The van der Waals surface area contributed by atoms with Gasteiger partial charge in [-0.05, 0) is 82.5 Å². The van der Waals surface area contributed by atoms with Gasteiger partial charge in [0.25, 0.3) is 0 Å². The lowest BCUT2D eigenvalue weighted by Crippen LogP contribution is -2.19. The first-order valence-corrected chi connectivity index (χ1v) is 16.1. The highest BCUT2D eigenvalue weighted by Crippen LogP contribution is 2.92. The Kier molecular flexibility index (Phi) is 6.79. The van der Waals surface area contributed by atoms with E-state index in [1.807, 2.05) is 36.4 Å². The third-order valence-corrected chi connectivity index (χ3v) is 10.9. The van der Waals surface area contributed by atoms with Gasteiger partial charge in [-0.3, -0.25) is 0 Å². The van der Waals surface area contributed by atoms with Gasteiger partial charge in [-0.1, -0.05) is 158 Å². The first-order valence-electron chi connectivity index (χ1n) is 16.1. The van der Waals surface area contributed by atoms with Gasteiger partial charge in [-0.25, -0.2) is 0 Å². The molecule has 2 aromatic carbocycles. The average molecular weight is 551 g/mol. The van der Waals surface area contributed by atoms with Crippen molar-refractivity contribution in [1.29, 1.82) is 0 Å². The maximum atomic E-state index is 2.30. The first kappa shape index (κ1) is 25.8. The Hall–Kier alpha value is -3.90. The summed E-state index contributed by atoms with van der Waals surface area (Å²) in [6, 6.07) is 20.6. The predicted molar refractivity (Wildman–Crippen MR) is 181 cm³/mol. The van der Waals surface area contributed by atoms with E-state index in [0.717, 1.165) is 11.8 Å². The quantitative estimate of drug-likeness (QED) is 0.258. The zero-order chi connectivity index (χ0) is 27.9. The highest BCUT2D eigenvalue weighted by atomic mass is 14.9. The minimum absolute atomic E-state index is 0. The molecule has 0 heteroatoms. The Morgan fingerprint density at radius 1 is 0.476 bits per heavy atom. The number of hydrogen-bond donors (Lipinski definition) is 0. The molecule has 4 bridgehead atoms. The van der Waals surface area contributed by atoms with Crippen molar-refractivity contribution in [2.24, 2.45) is 59.2 Å². The van der Waals surface area contributed by atoms with Crippen LogP contribution in [0.4, 0.5) is 0 Å². The van der Waals surface area contributed by atoms with Crippen LogP contribution in [0.5, 0.6) is 0 Å². The molecule has 0 heterocycles. The van der Waals surface area contributed by atoms with Gasteiger partial charge in [0.05, 0.1) is 0 Å². The van der Waals surface area contributed by atoms with Crippen LogP contribution in [-0.4, -0.2) is 0 Å². The van der Waals surface area contributed by atoms with E-state index in [2.05, 4.69) is 121 Å². The fourth-order valence-corrected chi connectivity index (χ4v) is 8.80. The van der Waals surface area contributed by atoms with Crippen LogP contribution in [0.2, 0.25) is 0 Å². The summed E-state index contributed by atoms with van der Waals surface area (Å²) in [5, 5.41) is 0. The molecule has 5 fully saturated rings. The average Bonchev–Trinajstić information content (AvgIpc) is 3.46.